The van der Waals surface area contributed by atoms with Gasteiger partial charge in [-0.25, -0.2) is 0 Å². The second-order valence-corrected chi connectivity index (χ2v) is 13.3. The molecule has 0 saturated carbocycles. The van der Waals surface area contributed by atoms with Gasteiger partial charge in [-0.05, 0) is 61.5 Å². The Morgan fingerprint density at radius 2 is 1.52 bits per heavy atom. The van der Waals surface area contributed by atoms with Crippen molar-refractivity contribution in [2.45, 2.75) is 58.3 Å². The van der Waals surface area contributed by atoms with Crippen LogP contribution in [0.2, 0.25) is 0 Å². The average Bonchev–Trinajstić information content (AvgIpc) is 3.68. The number of aromatic amines is 2. The molecule has 0 spiro atoms. The lowest BCUT2D eigenvalue weighted by atomic mass is 9.87. The molecule has 0 atom stereocenters. The Hall–Kier alpha value is -4.83. The summed E-state index contributed by atoms with van der Waals surface area (Å²) in [6.07, 6.45) is 1.44. The molecule has 0 amide bonds. The first-order chi connectivity index (χ1) is 20.8. The number of methoxy groups -OCH3 is 1. The molecule has 0 radical (unpaired) electrons. The van der Waals surface area contributed by atoms with Crippen LogP contribution in [0.25, 0.3) is 22.1 Å². The predicted octanol–water partition coefficient (Wildman–Crippen LogP) is 7.03. The molecule has 2 N–H and O–H groups in total. The minimum absolute atomic E-state index is 0.0360. The molecule has 44 heavy (non-hydrogen) atoms. The summed E-state index contributed by atoms with van der Waals surface area (Å²) >= 11 is 0. The van der Waals surface area contributed by atoms with E-state index in [1.54, 1.807) is 14.0 Å². The number of hydrogen-bond donors (Lipinski definition) is 2. The van der Waals surface area contributed by atoms with Gasteiger partial charge < -0.3 is 19.6 Å². The van der Waals surface area contributed by atoms with Crippen molar-refractivity contribution in [1.29, 1.82) is 0 Å². The Morgan fingerprint density at radius 3 is 2.18 bits per heavy atom. The van der Waals surface area contributed by atoms with Gasteiger partial charge in [0.05, 0.1) is 29.4 Å². The van der Waals surface area contributed by atoms with Crippen LogP contribution in [-0.2, 0) is 23.7 Å². The summed E-state index contributed by atoms with van der Waals surface area (Å²) < 4.78 is 5.95. The van der Waals surface area contributed by atoms with E-state index in [2.05, 4.69) is 84.7 Å². The topological polar surface area (TPSA) is 86.9 Å². The predicted molar refractivity (Wildman–Crippen MR) is 178 cm³/mol. The van der Waals surface area contributed by atoms with Crippen molar-refractivity contribution in [2.75, 3.05) is 26.1 Å². The molecule has 4 aromatic rings. The number of H-pyrrole nitrogens is 2. The molecule has 2 aliphatic rings. The Kier molecular flexibility index (Phi) is 7.12. The number of rotatable bonds is 3. The zero-order chi connectivity index (χ0) is 31.4. The first-order valence-electron chi connectivity index (χ1n) is 15.0. The van der Waals surface area contributed by atoms with Crippen LogP contribution < -0.4 is 9.64 Å². The third-order valence-corrected chi connectivity index (χ3v) is 8.54. The molecule has 7 nitrogen and oxygen atoms in total. The summed E-state index contributed by atoms with van der Waals surface area (Å²) in [6, 6.07) is 18.5. The van der Waals surface area contributed by atoms with Crippen molar-refractivity contribution >= 4 is 33.5 Å². The van der Waals surface area contributed by atoms with Gasteiger partial charge in [-0.1, -0.05) is 39.5 Å². The lowest BCUT2D eigenvalue weighted by Gasteiger charge is -2.16. The molecule has 3 aromatic heterocycles. The number of nitrogens with one attached hydrogen (secondary N) is 2. The number of hydrogen-bond acceptors (Lipinski definition) is 5. The van der Waals surface area contributed by atoms with E-state index in [-0.39, 0.29) is 16.6 Å². The largest absolute Gasteiger partial charge is 0.493 e. The van der Waals surface area contributed by atoms with Gasteiger partial charge in [0.25, 0.3) is 0 Å². The summed E-state index contributed by atoms with van der Waals surface area (Å²) in [5.74, 6) is 7.32. The number of fused-ring (bicyclic) bond motifs is 8. The Bertz CT molecular complexity index is 2010. The fourth-order valence-electron chi connectivity index (χ4n) is 6.01. The van der Waals surface area contributed by atoms with E-state index in [1.807, 2.05) is 38.4 Å². The summed E-state index contributed by atoms with van der Waals surface area (Å²) in [5, 5.41) is 0. The van der Waals surface area contributed by atoms with E-state index in [1.165, 1.54) is 0 Å². The van der Waals surface area contributed by atoms with Crippen LogP contribution in [0.1, 0.15) is 78.9 Å². The molecule has 0 aliphatic carbocycles. The number of carbonyl (C=O) groups excluding carboxylic acids is 1. The molecule has 5 heterocycles. The van der Waals surface area contributed by atoms with Crippen molar-refractivity contribution in [3.05, 3.63) is 94.1 Å². The Labute approximate surface area is 258 Å². The van der Waals surface area contributed by atoms with Gasteiger partial charge in [0.15, 0.2) is 11.5 Å². The monoisotopic (exact) mass is 585 g/mol. The quantitative estimate of drug-likeness (QED) is 0.199. The Morgan fingerprint density at radius 1 is 0.864 bits per heavy atom. The molecule has 8 bridgehead atoms. The number of ether oxygens (including phenoxy) is 1. The van der Waals surface area contributed by atoms with Gasteiger partial charge in [0.2, 0.25) is 0 Å². The standard InChI is InChI=1S/C37H39N5O2/c1-22(43)29-16-26-19-32-36(2,3)20-27(39-32)17-30-24(12-9-23-10-13-28(14-11-23)42(6)7)15-25(38-30)18-33-37(4,5)21-31(41-33)35(44-8)34(29)40-26/h10-11,13-19,38,40H,20-21H2,1-8H3. The van der Waals surface area contributed by atoms with Crippen molar-refractivity contribution in [3.63, 3.8) is 0 Å². The smallest absolute Gasteiger partial charge is 0.164 e. The summed E-state index contributed by atoms with van der Waals surface area (Å²) in [4.78, 5) is 32.0. The highest BCUT2D eigenvalue weighted by molar-refractivity contribution is 6.04. The lowest BCUT2D eigenvalue weighted by Crippen LogP contribution is -2.15. The SMILES string of the molecule is COc1c2nc(cc3cc(C#Cc4ccc(N(C)C)cc4)c(cc4nc(cc5cc(C(C)=O)c1[nH]5)C(C)(C)C4)[nH]3)C(C)(C)C2. The molecule has 224 valence electrons. The van der Waals surface area contributed by atoms with Crippen molar-refractivity contribution in [3.8, 4) is 17.6 Å². The number of anilines is 1. The van der Waals surface area contributed by atoms with E-state index in [9.17, 15) is 4.79 Å². The molecule has 2 aliphatic heterocycles. The maximum Gasteiger partial charge on any atom is 0.164 e. The molecular formula is C37H39N5O2. The molecule has 0 fully saturated rings. The van der Waals surface area contributed by atoms with Gasteiger partial charge in [-0.3, -0.25) is 14.8 Å². The van der Waals surface area contributed by atoms with Crippen LogP contribution in [0.15, 0.2) is 54.6 Å². The third kappa shape index (κ3) is 5.48. The van der Waals surface area contributed by atoms with Gasteiger partial charge in [-0.2, -0.15) is 0 Å². The minimum Gasteiger partial charge on any atom is -0.493 e. The highest BCUT2D eigenvalue weighted by Gasteiger charge is 2.32. The van der Waals surface area contributed by atoms with E-state index >= 15 is 0 Å². The normalized spacial score (nSPS) is 14.9. The number of ketones is 1. The van der Waals surface area contributed by atoms with E-state index in [0.717, 1.165) is 62.6 Å². The molecule has 0 saturated heterocycles. The van der Waals surface area contributed by atoms with Gasteiger partial charge in [-0.15, -0.1) is 0 Å². The van der Waals surface area contributed by atoms with Gasteiger partial charge in [0, 0.05) is 82.7 Å². The summed E-state index contributed by atoms with van der Waals surface area (Å²) in [6.45, 7) is 10.3. The highest BCUT2D eigenvalue weighted by Crippen LogP contribution is 2.38. The zero-order valence-corrected chi connectivity index (χ0v) is 26.8. The highest BCUT2D eigenvalue weighted by atomic mass is 16.5. The third-order valence-electron chi connectivity index (χ3n) is 8.54. The van der Waals surface area contributed by atoms with E-state index in [4.69, 9.17) is 14.7 Å². The second-order valence-electron chi connectivity index (χ2n) is 13.3. The van der Waals surface area contributed by atoms with Crippen molar-refractivity contribution in [2.24, 2.45) is 0 Å². The van der Waals surface area contributed by atoms with Crippen LogP contribution in [0, 0.1) is 11.8 Å². The number of aromatic nitrogens is 4. The lowest BCUT2D eigenvalue weighted by molar-refractivity contribution is 0.101. The average molecular weight is 586 g/mol. The van der Waals surface area contributed by atoms with E-state index in [0.29, 0.717) is 23.3 Å². The number of carbonyl (C=O) groups is 1. The van der Waals surface area contributed by atoms with Crippen LogP contribution in [0.3, 0.4) is 0 Å². The first kappa shape index (κ1) is 29.3. The fourth-order valence-corrected chi connectivity index (χ4v) is 6.01. The van der Waals surface area contributed by atoms with Gasteiger partial charge >= 0.3 is 0 Å². The maximum absolute atomic E-state index is 12.8. The number of Topliss-reactive ketones (excluding diaryl/α,β-unsaturated/α-hetero) is 1. The zero-order valence-electron chi connectivity index (χ0n) is 26.8. The first-order valence-corrected chi connectivity index (χ1v) is 15.0. The maximum atomic E-state index is 12.8. The molecule has 6 rings (SSSR count). The minimum atomic E-state index is -0.247. The van der Waals surface area contributed by atoms with Crippen LogP contribution >= 0.6 is 0 Å². The summed E-state index contributed by atoms with van der Waals surface area (Å²) in [5.41, 5.74) is 10.1. The molecular weight excluding hydrogens is 546 g/mol. The van der Waals surface area contributed by atoms with E-state index < -0.39 is 0 Å². The summed E-state index contributed by atoms with van der Waals surface area (Å²) in [7, 11) is 5.70. The Balaban J connectivity index is 1.65. The fraction of sp³-hybridized carbons (Fsp3) is 0.324. The second kappa shape index (κ2) is 10.7. The van der Waals surface area contributed by atoms with Gasteiger partial charge in [0.1, 0.15) is 0 Å². The molecule has 7 heteroatoms. The van der Waals surface area contributed by atoms with Crippen molar-refractivity contribution in [1.82, 2.24) is 19.9 Å². The molecule has 1 aromatic carbocycles. The number of nitrogens with zero attached hydrogens (tertiary/aromatic N) is 3. The number of benzene rings is 1. The van der Waals surface area contributed by atoms with Crippen molar-refractivity contribution < 1.29 is 9.53 Å². The molecule has 0 unspecified atom stereocenters. The van der Waals surface area contributed by atoms with Crippen LogP contribution in [0.4, 0.5) is 5.69 Å². The van der Waals surface area contributed by atoms with Crippen LogP contribution in [0.5, 0.6) is 5.75 Å². The van der Waals surface area contributed by atoms with Crippen LogP contribution in [-0.4, -0.2) is 46.9 Å².